The van der Waals surface area contributed by atoms with E-state index in [0.29, 0.717) is 5.92 Å². The van der Waals surface area contributed by atoms with Crippen LogP contribution in [0.1, 0.15) is 25.5 Å². The van der Waals surface area contributed by atoms with E-state index in [1.165, 1.54) is 12.1 Å². The molecule has 1 heterocycles. The van der Waals surface area contributed by atoms with Crippen molar-refractivity contribution in [1.82, 2.24) is 5.32 Å². The Balaban J connectivity index is 2.27. The molecule has 0 amide bonds. The lowest BCUT2D eigenvalue weighted by Gasteiger charge is -2.22. The third-order valence-corrected chi connectivity index (χ3v) is 5.23. The van der Waals surface area contributed by atoms with E-state index in [0.717, 1.165) is 17.9 Å². The molecule has 0 spiro atoms. The van der Waals surface area contributed by atoms with Crippen LogP contribution in [-0.2, 0) is 10.8 Å². The van der Waals surface area contributed by atoms with Gasteiger partial charge in [0.1, 0.15) is 5.82 Å². The van der Waals surface area contributed by atoms with E-state index in [4.69, 9.17) is 0 Å². The van der Waals surface area contributed by atoms with E-state index in [-0.39, 0.29) is 17.1 Å². The molecule has 1 fully saturated rings. The van der Waals surface area contributed by atoms with Crippen LogP contribution in [0.2, 0.25) is 0 Å². The number of rotatable bonds is 1. The minimum absolute atomic E-state index is 0.0155. The van der Waals surface area contributed by atoms with Crippen LogP contribution in [0, 0.1) is 11.7 Å². The summed E-state index contributed by atoms with van der Waals surface area (Å²) in [5.74, 6) is 0.886. The molecule has 94 valence electrons. The van der Waals surface area contributed by atoms with Crippen molar-refractivity contribution in [2.75, 3.05) is 12.3 Å². The van der Waals surface area contributed by atoms with Gasteiger partial charge in [0.15, 0.2) is 0 Å². The number of nitrogens with one attached hydrogen (secondary N) is 1. The van der Waals surface area contributed by atoms with Crippen molar-refractivity contribution >= 4 is 10.8 Å². The van der Waals surface area contributed by atoms with E-state index < -0.39 is 10.8 Å². The van der Waals surface area contributed by atoms with Crippen molar-refractivity contribution in [2.45, 2.75) is 25.1 Å². The molecule has 1 aliphatic rings. The van der Waals surface area contributed by atoms with Crippen molar-refractivity contribution in [1.29, 1.82) is 0 Å². The first-order valence-corrected chi connectivity index (χ1v) is 7.32. The highest BCUT2D eigenvalue weighted by Crippen LogP contribution is 2.25. The maximum absolute atomic E-state index is 13.2. The van der Waals surface area contributed by atoms with Gasteiger partial charge in [-0.3, -0.25) is 4.21 Å². The third kappa shape index (κ3) is 2.93. The summed E-state index contributed by atoms with van der Waals surface area (Å²) in [5.41, 5.74) is 0.889. The molecule has 0 radical (unpaired) electrons. The van der Waals surface area contributed by atoms with Crippen LogP contribution >= 0.6 is 0 Å². The van der Waals surface area contributed by atoms with Gasteiger partial charge in [-0.05, 0) is 37.1 Å². The fraction of sp³-hybridized carbons (Fsp3) is 0.538. The molecule has 4 heteroatoms. The fourth-order valence-electron chi connectivity index (χ4n) is 2.23. The van der Waals surface area contributed by atoms with Crippen LogP contribution in [0.15, 0.2) is 24.3 Å². The molecule has 2 nitrogen and oxygen atoms in total. The van der Waals surface area contributed by atoms with Crippen molar-refractivity contribution < 1.29 is 8.60 Å². The van der Waals surface area contributed by atoms with Crippen LogP contribution in [0.3, 0.4) is 0 Å². The molecule has 2 rings (SSSR count). The molecule has 1 saturated heterocycles. The van der Waals surface area contributed by atoms with Crippen LogP contribution in [-0.4, -0.2) is 21.8 Å². The van der Waals surface area contributed by atoms with Gasteiger partial charge in [-0.25, -0.2) is 4.39 Å². The Kier molecular flexibility index (Phi) is 3.94. The second-order valence-electron chi connectivity index (χ2n) is 4.80. The predicted octanol–water partition coefficient (Wildman–Crippen LogP) is 2.24. The largest absolute Gasteiger partial charge is 0.309 e. The second-order valence-corrected chi connectivity index (χ2v) is 6.64. The first kappa shape index (κ1) is 12.7. The molecule has 1 N–H and O–H groups in total. The second kappa shape index (κ2) is 5.27. The molecule has 0 aliphatic carbocycles. The average Bonchev–Trinajstić information content (AvgIpc) is 2.40. The maximum atomic E-state index is 13.2. The highest BCUT2D eigenvalue weighted by atomic mass is 32.2. The summed E-state index contributed by atoms with van der Waals surface area (Å²) in [6.45, 7) is 4.89. The van der Waals surface area contributed by atoms with Crippen LogP contribution in [0.25, 0.3) is 0 Å². The summed E-state index contributed by atoms with van der Waals surface area (Å²) in [4.78, 5) is 0. The smallest absolute Gasteiger partial charge is 0.123 e. The Morgan fingerprint density at radius 3 is 2.88 bits per heavy atom. The molecular formula is C13H18FNOS. The summed E-state index contributed by atoms with van der Waals surface area (Å²) in [7, 11) is -0.855. The van der Waals surface area contributed by atoms with Gasteiger partial charge < -0.3 is 5.32 Å². The summed E-state index contributed by atoms with van der Waals surface area (Å²) in [6, 6.07) is 6.54. The Morgan fingerprint density at radius 1 is 1.41 bits per heavy atom. The zero-order chi connectivity index (χ0) is 12.4. The Bertz CT molecular complexity index is 424. The average molecular weight is 255 g/mol. The van der Waals surface area contributed by atoms with Gasteiger partial charge in [0.05, 0.1) is 5.25 Å². The molecule has 1 aliphatic heterocycles. The molecule has 17 heavy (non-hydrogen) atoms. The lowest BCUT2D eigenvalue weighted by Crippen LogP contribution is -2.31. The lowest BCUT2D eigenvalue weighted by molar-refractivity contribution is 0.487. The molecule has 4 unspecified atom stereocenters. The maximum Gasteiger partial charge on any atom is 0.123 e. The fourth-order valence-corrected chi connectivity index (χ4v) is 3.77. The van der Waals surface area contributed by atoms with Crippen molar-refractivity contribution in [3.63, 3.8) is 0 Å². The van der Waals surface area contributed by atoms with E-state index >= 15 is 0 Å². The minimum atomic E-state index is -0.855. The van der Waals surface area contributed by atoms with Gasteiger partial charge in [0.25, 0.3) is 0 Å². The SMILES string of the molecule is CC1CNC(c2cccc(F)c2)C(C)S(=O)C1. The normalized spacial score (nSPS) is 34.3. The molecule has 1 aromatic rings. The highest BCUT2D eigenvalue weighted by molar-refractivity contribution is 7.85. The lowest BCUT2D eigenvalue weighted by atomic mass is 10.0. The summed E-state index contributed by atoms with van der Waals surface area (Å²) in [6.07, 6.45) is 0. The van der Waals surface area contributed by atoms with Crippen LogP contribution in [0.4, 0.5) is 4.39 Å². The van der Waals surface area contributed by atoms with E-state index in [2.05, 4.69) is 12.2 Å². The first-order valence-electron chi connectivity index (χ1n) is 5.94. The van der Waals surface area contributed by atoms with Gasteiger partial charge in [0, 0.05) is 22.6 Å². The monoisotopic (exact) mass is 255 g/mol. The molecule has 0 bridgehead atoms. The number of hydrogen-bond acceptors (Lipinski definition) is 2. The Labute approximate surface area is 104 Å². The molecule has 4 atom stereocenters. The van der Waals surface area contributed by atoms with E-state index in [9.17, 15) is 8.60 Å². The Hall–Kier alpha value is -0.740. The summed E-state index contributed by atoms with van der Waals surface area (Å²) < 4.78 is 25.3. The summed E-state index contributed by atoms with van der Waals surface area (Å²) >= 11 is 0. The van der Waals surface area contributed by atoms with Gasteiger partial charge in [0.2, 0.25) is 0 Å². The van der Waals surface area contributed by atoms with Gasteiger partial charge in [-0.2, -0.15) is 0 Å². The molecule has 1 aromatic carbocycles. The van der Waals surface area contributed by atoms with Crippen molar-refractivity contribution in [3.05, 3.63) is 35.6 Å². The van der Waals surface area contributed by atoms with E-state index in [1.807, 2.05) is 13.0 Å². The molecule has 0 aromatic heterocycles. The topological polar surface area (TPSA) is 29.1 Å². The quantitative estimate of drug-likeness (QED) is 0.834. The summed E-state index contributed by atoms with van der Waals surface area (Å²) in [5, 5.41) is 3.41. The van der Waals surface area contributed by atoms with Crippen LogP contribution < -0.4 is 5.32 Å². The zero-order valence-electron chi connectivity index (χ0n) is 10.2. The number of hydrogen-bond donors (Lipinski definition) is 1. The zero-order valence-corrected chi connectivity index (χ0v) is 11.0. The number of benzene rings is 1. The first-order chi connectivity index (χ1) is 8.08. The van der Waals surface area contributed by atoms with Gasteiger partial charge in [-0.1, -0.05) is 19.1 Å². The highest BCUT2D eigenvalue weighted by Gasteiger charge is 2.28. The molecular weight excluding hydrogens is 237 g/mol. The van der Waals surface area contributed by atoms with Gasteiger partial charge >= 0.3 is 0 Å². The Morgan fingerprint density at radius 2 is 2.18 bits per heavy atom. The van der Waals surface area contributed by atoms with Crippen molar-refractivity contribution in [2.24, 2.45) is 5.92 Å². The van der Waals surface area contributed by atoms with E-state index in [1.54, 1.807) is 6.07 Å². The minimum Gasteiger partial charge on any atom is -0.309 e. The molecule has 0 saturated carbocycles. The third-order valence-electron chi connectivity index (χ3n) is 3.23. The predicted molar refractivity (Wildman–Crippen MR) is 68.8 cm³/mol. The van der Waals surface area contributed by atoms with Crippen molar-refractivity contribution in [3.8, 4) is 0 Å². The number of halogens is 1. The van der Waals surface area contributed by atoms with Crippen LogP contribution in [0.5, 0.6) is 0 Å². The van der Waals surface area contributed by atoms with Gasteiger partial charge in [-0.15, -0.1) is 0 Å². The standard InChI is InChI=1S/C13H18FNOS/c1-9-7-15-13(10(2)17(16)8-9)11-4-3-5-12(14)6-11/h3-6,9-10,13,15H,7-8H2,1-2H3.